The largest absolute Gasteiger partial charge is 0.248 e. The zero-order valence-electron chi connectivity index (χ0n) is 7.14. The Kier molecular flexibility index (Phi) is 2.22. The van der Waals surface area contributed by atoms with Crippen molar-refractivity contribution in [3.63, 3.8) is 0 Å². The van der Waals surface area contributed by atoms with Crippen molar-refractivity contribution in [2.45, 2.75) is 0 Å². The first kappa shape index (κ1) is 7.78. The monoisotopic (exact) mass is 167 g/mol. The van der Waals surface area contributed by atoms with E-state index in [1.54, 1.807) is 0 Å². The molecule has 0 N–H and O–H groups in total. The van der Waals surface area contributed by atoms with Crippen LogP contribution in [0.25, 0.3) is 0 Å². The quantitative estimate of drug-likeness (QED) is 0.474. The Morgan fingerprint density at radius 3 is 2.69 bits per heavy atom. The topological polar surface area (TPSA) is 12.4 Å². The van der Waals surface area contributed by atoms with Crippen LogP contribution < -0.4 is 0 Å². The molecule has 0 saturated heterocycles. The Morgan fingerprint density at radius 2 is 2.00 bits per heavy atom. The minimum atomic E-state index is 0.879. The van der Waals surface area contributed by atoms with Gasteiger partial charge in [-0.1, -0.05) is 42.1 Å². The molecule has 0 aromatic heterocycles. The number of aliphatic imine (C=N–C) groups is 1. The van der Waals surface area contributed by atoms with Gasteiger partial charge in [0, 0.05) is 6.21 Å². The molecule has 0 aliphatic heterocycles. The van der Waals surface area contributed by atoms with Crippen molar-refractivity contribution >= 4 is 6.21 Å². The molecule has 1 heteroatoms. The molecule has 0 amide bonds. The SMILES string of the molecule is C1=CC=CC=1N=Cc1ccccc1. The lowest BCUT2D eigenvalue weighted by Crippen LogP contribution is -1.78. The van der Waals surface area contributed by atoms with E-state index < -0.39 is 0 Å². The van der Waals surface area contributed by atoms with Crippen LogP contribution in [-0.4, -0.2) is 6.21 Å². The molecule has 13 heavy (non-hydrogen) atoms. The van der Waals surface area contributed by atoms with Crippen molar-refractivity contribution in [1.29, 1.82) is 0 Å². The molecule has 0 saturated carbocycles. The summed E-state index contributed by atoms with van der Waals surface area (Å²) in [6.45, 7) is 0. The van der Waals surface area contributed by atoms with Gasteiger partial charge in [-0.15, -0.1) is 0 Å². The zero-order chi connectivity index (χ0) is 8.93. The van der Waals surface area contributed by atoms with Crippen molar-refractivity contribution in [2.24, 2.45) is 4.99 Å². The summed E-state index contributed by atoms with van der Waals surface area (Å²) < 4.78 is 0. The number of benzene rings is 1. The molecule has 0 heterocycles. The van der Waals surface area contributed by atoms with E-state index in [9.17, 15) is 0 Å². The first-order valence-electron chi connectivity index (χ1n) is 4.18. The standard InChI is InChI=1S/C12H9N/c1-2-6-11(7-3-1)10-13-12-8-4-5-9-12/h1-8,10H. The molecular weight excluding hydrogens is 158 g/mol. The van der Waals surface area contributed by atoms with E-state index in [-0.39, 0.29) is 0 Å². The third-order valence-corrected chi connectivity index (χ3v) is 1.73. The number of hydrogen-bond acceptors (Lipinski definition) is 1. The van der Waals surface area contributed by atoms with Crippen LogP contribution in [-0.2, 0) is 0 Å². The Hall–Kier alpha value is -1.85. The van der Waals surface area contributed by atoms with Gasteiger partial charge in [-0.05, 0) is 17.7 Å². The van der Waals surface area contributed by atoms with Gasteiger partial charge in [-0.25, -0.2) is 4.99 Å². The lowest BCUT2D eigenvalue weighted by Gasteiger charge is -1.89. The van der Waals surface area contributed by atoms with E-state index >= 15 is 0 Å². The summed E-state index contributed by atoms with van der Waals surface area (Å²) in [5.41, 5.74) is 5.00. The summed E-state index contributed by atoms with van der Waals surface area (Å²) in [5.74, 6) is 0. The predicted octanol–water partition coefficient (Wildman–Crippen LogP) is 2.71. The number of allylic oxidation sites excluding steroid dienone is 2. The van der Waals surface area contributed by atoms with E-state index in [4.69, 9.17) is 0 Å². The molecule has 0 atom stereocenters. The highest BCUT2D eigenvalue weighted by molar-refractivity contribution is 5.80. The van der Waals surface area contributed by atoms with E-state index in [2.05, 4.69) is 10.7 Å². The maximum atomic E-state index is 4.26. The van der Waals surface area contributed by atoms with Crippen LogP contribution in [0.15, 0.2) is 65.0 Å². The molecule has 0 spiro atoms. The van der Waals surface area contributed by atoms with E-state index in [1.807, 2.05) is 54.8 Å². The molecule has 1 aromatic carbocycles. The lowest BCUT2D eigenvalue weighted by atomic mass is 10.2. The second-order valence-corrected chi connectivity index (χ2v) is 2.72. The maximum Gasteiger partial charge on any atom is 0.105 e. The van der Waals surface area contributed by atoms with Crippen LogP contribution in [0.4, 0.5) is 0 Å². The molecule has 2 rings (SSSR count). The molecule has 62 valence electrons. The summed E-state index contributed by atoms with van der Waals surface area (Å²) in [7, 11) is 0. The minimum absolute atomic E-state index is 0.879. The highest BCUT2D eigenvalue weighted by Gasteiger charge is 1.88. The average Bonchev–Trinajstić information content (AvgIpc) is 2.69. The Balaban J connectivity index is 2.15. The van der Waals surface area contributed by atoms with Gasteiger partial charge < -0.3 is 0 Å². The third-order valence-electron chi connectivity index (χ3n) is 1.73. The van der Waals surface area contributed by atoms with Gasteiger partial charge in [-0.2, -0.15) is 0 Å². The van der Waals surface area contributed by atoms with Gasteiger partial charge in [0.15, 0.2) is 0 Å². The molecule has 1 aliphatic rings. The van der Waals surface area contributed by atoms with E-state index in [1.165, 1.54) is 0 Å². The number of rotatable bonds is 2. The molecule has 0 fully saturated rings. The third kappa shape index (κ3) is 2.05. The van der Waals surface area contributed by atoms with Gasteiger partial charge in [0.25, 0.3) is 0 Å². The van der Waals surface area contributed by atoms with Crippen molar-refractivity contribution < 1.29 is 0 Å². The van der Waals surface area contributed by atoms with Crippen LogP contribution in [0, 0.1) is 0 Å². The van der Waals surface area contributed by atoms with Crippen molar-refractivity contribution in [3.8, 4) is 0 Å². The highest BCUT2D eigenvalue weighted by Crippen LogP contribution is 2.03. The van der Waals surface area contributed by atoms with Crippen LogP contribution in [0.2, 0.25) is 0 Å². The van der Waals surface area contributed by atoms with Gasteiger partial charge in [0.2, 0.25) is 0 Å². The summed E-state index contributed by atoms with van der Waals surface area (Å²) in [6, 6.07) is 10.0. The normalized spacial score (nSPS) is 14.0. The second-order valence-electron chi connectivity index (χ2n) is 2.72. The zero-order valence-corrected chi connectivity index (χ0v) is 7.14. The fraction of sp³-hybridized carbons (Fsp3) is 0. The summed E-state index contributed by atoms with van der Waals surface area (Å²) >= 11 is 0. The van der Waals surface area contributed by atoms with E-state index in [0.29, 0.717) is 0 Å². The summed E-state index contributed by atoms with van der Waals surface area (Å²) in [5, 5.41) is 0. The second kappa shape index (κ2) is 3.70. The van der Waals surface area contributed by atoms with Crippen LogP contribution >= 0.6 is 0 Å². The number of nitrogens with zero attached hydrogens (tertiary/aromatic N) is 1. The van der Waals surface area contributed by atoms with Crippen molar-refractivity contribution in [3.05, 3.63) is 65.6 Å². The van der Waals surface area contributed by atoms with Crippen LogP contribution in [0.1, 0.15) is 5.56 Å². The summed E-state index contributed by atoms with van der Waals surface area (Å²) in [4.78, 5) is 4.26. The van der Waals surface area contributed by atoms with E-state index in [0.717, 1.165) is 11.3 Å². The van der Waals surface area contributed by atoms with Crippen molar-refractivity contribution in [2.75, 3.05) is 0 Å². The fourth-order valence-electron chi connectivity index (χ4n) is 1.08. The first-order valence-corrected chi connectivity index (χ1v) is 4.18. The Bertz CT molecular complexity index is 404. The smallest absolute Gasteiger partial charge is 0.105 e. The van der Waals surface area contributed by atoms with Crippen LogP contribution in [0.3, 0.4) is 0 Å². The van der Waals surface area contributed by atoms with Crippen LogP contribution in [0.5, 0.6) is 0 Å². The minimum Gasteiger partial charge on any atom is -0.248 e. The molecule has 1 aliphatic carbocycles. The van der Waals surface area contributed by atoms with Gasteiger partial charge in [0.1, 0.15) is 5.70 Å². The number of hydrogen-bond donors (Lipinski definition) is 0. The molecule has 0 unspecified atom stereocenters. The maximum absolute atomic E-state index is 4.26. The van der Waals surface area contributed by atoms with Crippen molar-refractivity contribution in [1.82, 2.24) is 0 Å². The molecular formula is C12H9N. The van der Waals surface area contributed by atoms with Gasteiger partial charge >= 0.3 is 0 Å². The molecule has 0 radical (unpaired) electrons. The Labute approximate surface area is 77.4 Å². The Morgan fingerprint density at radius 1 is 1.15 bits per heavy atom. The average molecular weight is 167 g/mol. The van der Waals surface area contributed by atoms with Gasteiger partial charge in [-0.3, -0.25) is 0 Å². The predicted molar refractivity (Wildman–Crippen MR) is 54.8 cm³/mol. The molecule has 0 bridgehead atoms. The lowest BCUT2D eigenvalue weighted by molar-refractivity contribution is 1.45. The highest BCUT2D eigenvalue weighted by atomic mass is 14.7. The molecule has 1 nitrogen and oxygen atoms in total. The molecule has 1 aromatic rings. The first-order chi connectivity index (χ1) is 6.45. The fourth-order valence-corrected chi connectivity index (χ4v) is 1.08. The summed E-state index contributed by atoms with van der Waals surface area (Å²) in [6.07, 6.45) is 7.56. The van der Waals surface area contributed by atoms with Gasteiger partial charge in [0.05, 0.1) is 0 Å².